The summed E-state index contributed by atoms with van der Waals surface area (Å²) in [6.45, 7) is 2.18. The third-order valence-corrected chi connectivity index (χ3v) is 6.97. The summed E-state index contributed by atoms with van der Waals surface area (Å²) in [5.41, 5.74) is 8.70. The van der Waals surface area contributed by atoms with Gasteiger partial charge in [-0.05, 0) is 55.7 Å². The molecule has 2 aromatic carbocycles. The Morgan fingerprint density at radius 2 is 1.96 bits per heavy atom. The molecule has 0 atom stereocenters. The van der Waals surface area contributed by atoms with Crippen molar-refractivity contribution in [3.8, 4) is 0 Å². The van der Waals surface area contributed by atoms with E-state index in [-0.39, 0.29) is 40.9 Å². The molecule has 2 N–H and O–H groups in total. The summed E-state index contributed by atoms with van der Waals surface area (Å²) in [4.78, 5) is 26.9. The lowest BCUT2D eigenvalue weighted by molar-refractivity contribution is 0.0874. The van der Waals surface area contributed by atoms with Crippen LogP contribution in [0.2, 0.25) is 0 Å². The van der Waals surface area contributed by atoms with Gasteiger partial charge >= 0.3 is 0 Å². The van der Waals surface area contributed by atoms with Gasteiger partial charge < -0.3 is 10.6 Å². The number of anilines is 2. The molecule has 0 fully saturated rings. The Morgan fingerprint density at radius 3 is 2.68 bits per heavy atom. The molecule has 4 rings (SSSR count). The number of nitrogens with zero attached hydrogens (tertiary/aromatic N) is 2. The molecule has 2 aromatic rings. The monoisotopic (exact) mass is 421 g/mol. The molecule has 0 bridgehead atoms. The van der Waals surface area contributed by atoms with E-state index in [9.17, 15) is 18.0 Å². The van der Waals surface area contributed by atoms with Gasteiger partial charge in [0.1, 0.15) is 4.90 Å². The smallest absolute Gasteiger partial charge is 0.268 e. The minimum Gasteiger partial charge on any atom is -0.398 e. The number of carbonyl (C=O) groups is 2. The van der Waals surface area contributed by atoms with Crippen LogP contribution >= 0.6 is 12.4 Å². The minimum atomic E-state index is -3.91. The number of nitrogens with two attached hydrogens (primary N) is 1. The quantitative estimate of drug-likeness (QED) is 0.750. The first-order chi connectivity index (χ1) is 12.9. The molecule has 0 unspecified atom stereocenters. The zero-order chi connectivity index (χ0) is 19.3. The zero-order valence-electron chi connectivity index (χ0n) is 15.2. The van der Waals surface area contributed by atoms with Crippen LogP contribution < -0.4 is 10.6 Å². The van der Waals surface area contributed by atoms with Gasteiger partial charge in [-0.25, -0.2) is 12.7 Å². The van der Waals surface area contributed by atoms with Crippen molar-refractivity contribution in [2.75, 3.05) is 23.7 Å². The van der Waals surface area contributed by atoms with E-state index in [1.165, 1.54) is 18.2 Å². The lowest BCUT2D eigenvalue weighted by Gasteiger charge is -2.30. The van der Waals surface area contributed by atoms with Crippen molar-refractivity contribution < 1.29 is 18.0 Å². The Kier molecular flexibility index (Phi) is 5.12. The molecule has 0 aromatic heterocycles. The highest BCUT2D eigenvalue weighted by molar-refractivity contribution is 7.90. The van der Waals surface area contributed by atoms with E-state index in [4.69, 9.17) is 5.73 Å². The van der Waals surface area contributed by atoms with Crippen LogP contribution in [0.15, 0.2) is 41.3 Å². The molecular formula is C19H20ClN3O4S. The van der Waals surface area contributed by atoms with Crippen LogP contribution in [-0.4, -0.2) is 37.6 Å². The SMILES string of the molecule is CCN1C(=O)c2ccc(C(=O)N3CCCc4c(N)cccc43)cc2S1(=O)=O.Cl. The van der Waals surface area contributed by atoms with Crippen molar-refractivity contribution in [1.82, 2.24) is 4.31 Å². The predicted octanol–water partition coefficient (Wildman–Crippen LogP) is 2.45. The average Bonchev–Trinajstić information content (AvgIpc) is 2.86. The zero-order valence-corrected chi connectivity index (χ0v) is 16.8. The average molecular weight is 422 g/mol. The summed E-state index contributed by atoms with van der Waals surface area (Å²) < 4.78 is 26.0. The molecule has 2 aliphatic rings. The highest BCUT2D eigenvalue weighted by Crippen LogP contribution is 2.34. The van der Waals surface area contributed by atoms with Gasteiger partial charge in [0, 0.05) is 30.0 Å². The maximum atomic E-state index is 13.1. The summed E-state index contributed by atoms with van der Waals surface area (Å²) in [6, 6.07) is 9.68. The Hall–Kier alpha value is -2.58. The van der Waals surface area contributed by atoms with Crippen LogP contribution in [0.1, 0.15) is 39.6 Å². The Balaban J connectivity index is 0.00000225. The van der Waals surface area contributed by atoms with Crippen LogP contribution in [0.5, 0.6) is 0 Å². The summed E-state index contributed by atoms with van der Waals surface area (Å²) in [5, 5.41) is 0. The molecular weight excluding hydrogens is 402 g/mol. The molecule has 0 spiro atoms. The molecule has 9 heteroatoms. The van der Waals surface area contributed by atoms with Crippen molar-refractivity contribution in [3.63, 3.8) is 0 Å². The first-order valence-electron chi connectivity index (χ1n) is 8.76. The third-order valence-electron chi connectivity index (χ3n) is 5.07. The number of hydrogen-bond donors (Lipinski definition) is 1. The summed E-state index contributed by atoms with van der Waals surface area (Å²) in [5.74, 6) is -0.857. The Morgan fingerprint density at radius 1 is 1.21 bits per heavy atom. The molecule has 2 amide bonds. The number of nitrogen functional groups attached to an aromatic ring is 1. The Bertz CT molecular complexity index is 1080. The molecule has 0 saturated carbocycles. The van der Waals surface area contributed by atoms with Crippen LogP contribution in [0.3, 0.4) is 0 Å². The molecule has 148 valence electrons. The van der Waals surface area contributed by atoms with Crippen LogP contribution in [-0.2, 0) is 16.4 Å². The van der Waals surface area contributed by atoms with Gasteiger partial charge in [-0.2, -0.15) is 0 Å². The van der Waals surface area contributed by atoms with Crippen LogP contribution in [0.4, 0.5) is 11.4 Å². The molecule has 2 aliphatic heterocycles. The van der Waals surface area contributed by atoms with Gasteiger partial charge in [-0.3, -0.25) is 9.59 Å². The normalized spacial score (nSPS) is 17.0. The lowest BCUT2D eigenvalue weighted by Crippen LogP contribution is -2.35. The number of amides is 2. The summed E-state index contributed by atoms with van der Waals surface area (Å²) in [7, 11) is -3.91. The summed E-state index contributed by atoms with van der Waals surface area (Å²) >= 11 is 0. The number of carbonyl (C=O) groups excluding carboxylic acids is 2. The van der Waals surface area contributed by atoms with Crippen molar-refractivity contribution in [1.29, 1.82) is 0 Å². The van der Waals surface area contributed by atoms with Gasteiger partial charge in [0.25, 0.3) is 21.8 Å². The number of hydrogen-bond acceptors (Lipinski definition) is 5. The topological polar surface area (TPSA) is 101 Å². The van der Waals surface area contributed by atoms with Crippen molar-refractivity contribution in [2.45, 2.75) is 24.7 Å². The second kappa shape index (κ2) is 7.10. The fourth-order valence-corrected chi connectivity index (χ4v) is 5.34. The fourth-order valence-electron chi connectivity index (χ4n) is 3.74. The lowest BCUT2D eigenvalue weighted by atomic mass is 9.99. The first-order valence-corrected chi connectivity index (χ1v) is 10.2. The number of halogens is 1. The number of benzene rings is 2. The maximum Gasteiger partial charge on any atom is 0.268 e. The summed E-state index contributed by atoms with van der Waals surface area (Å²) in [6.07, 6.45) is 1.57. The number of sulfonamides is 1. The largest absolute Gasteiger partial charge is 0.398 e. The van der Waals surface area contributed by atoms with E-state index in [2.05, 4.69) is 0 Å². The first kappa shape index (κ1) is 20.2. The van der Waals surface area contributed by atoms with Gasteiger partial charge in [0.2, 0.25) is 0 Å². The minimum absolute atomic E-state index is 0. The van der Waals surface area contributed by atoms with Crippen LogP contribution in [0.25, 0.3) is 0 Å². The Labute approximate surface area is 169 Å². The molecule has 28 heavy (non-hydrogen) atoms. The van der Waals surface area contributed by atoms with Gasteiger partial charge in [0.15, 0.2) is 0 Å². The fraction of sp³-hybridized carbons (Fsp3) is 0.263. The predicted molar refractivity (Wildman–Crippen MR) is 108 cm³/mol. The second-order valence-corrected chi connectivity index (χ2v) is 8.42. The molecule has 0 saturated heterocycles. The molecule has 2 heterocycles. The van der Waals surface area contributed by atoms with E-state index >= 15 is 0 Å². The standard InChI is InChI=1S/C19H19N3O4S.ClH/c1-2-22-19(24)14-9-8-12(11-17(14)27(22,25)26)18(23)21-10-4-5-13-15(20)6-3-7-16(13)21;/h3,6-9,11H,2,4-5,10,20H2,1H3;1H. The maximum absolute atomic E-state index is 13.1. The van der Waals surface area contributed by atoms with E-state index in [1.54, 1.807) is 24.0 Å². The van der Waals surface area contributed by atoms with E-state index < -0.39 is 15.9 Å². The third kappa shape index (κ3) is 2.84. The highest BCUT2D eigenvalue weighted by atomic mass is 35.5. The second-order valence-electron chi connectivity index (χ2n) is 6.59. The van der Waals surface area contributed by atoms with Gasteiger partial charge in [-0.15, -0.1) is 12.4 Å². The molecule has 0 radical (unpaired) electrons. The van der Waals surface area contributed by atoms with Crippen molar-refractivity contribution >= 4 is 45.6 Å². The van der Waals surface area contributed by atoms with Gasteiger partial charge in [-0.1, -0.05) is 6.07 Å². The van der Waals surface area contributed by atoms with Gasteiger partial charge in [0.05, 0.1) is 5.56 Å². The van der Waals surface area contributed by atoms with E-state index in [1.807, 2.05) is 6.07 Å². The van der Waals surface area contributed by atoms with E-state index in [0.29, 0.717) is 12.2 Å². The van der Waals surface area contributed by atoms with Crippen molar-refractivity contribution in [3.05, 3.63) is 53.1 Å². The number of fused-ring (bicyclic) bond motifs is 2. The molecule has 0 aliphatic carbocycles. The van der Waals surface area contributed by atoms with Crippen LogP contribution in [0, 0.1) is 0 Å². The molecule has 7 nitrogen and oxygen atoms in total. The van der Waals surface area contributed by atoms with E-state index in [0.717, 1.165) is 28.4 Å². The highest BCUT2D eigenvalue weighted by Gasteiger charge is 2.40. The van der Waals surface area contributed by atoms with Crippen molar-refractivity contribution in [2.24, 2.45) is 0 Å². The number of rotatable bonds is 2.